The van der Waals surface area contributed by atoms with Gasteiger partial charge in [0, 0.05) is 16.8 Å². The van der Waals surface area contributed by atoms with Gasteiger partial charge in [0.25, 0.3) is 0 Å². The summed E-state index contributed by atoms with van der Waals surface area (Å²) in [6.07, 6.45) is 0. The second-order valence-corrected chi connectivity index (χ2v) is 12.9. The number of anilines is 3. The highest BCUT2D eigenvalue weighted by atomic mass is 15.1. The Bertz CT molecular complexity index is 2500. The van der Waals surface area contributed by atoms with Crippen molar-refractivity contribution < 1.29 is 0 Å². The van der Waals surface area contributed by atoms with Gasteiger partial charge in [0.05, 0.1) is 11.1 Å². The van der Waals surface area contributed by atoms with Crippen LogP contribution in [-0.2, 0) is 5.41 Å². The van der Waals surface area contributed by atoms with E-state index in [-0.39, 0.29) is 0 Å². The molecule has 0 unspecified atom stereocenters. The zero-order valence-electron chi connectivity index (χ0n) is 26.1. The molecule has 220 valence electrons. The maximum absolute atomic E-state index is 2.53. The molecule has 0 radical (unpaired) electrons. The summed E-state index contributed by atoms with van der Waals surface area (Å²) in [5.41, 5.74) is 15.1. The maximum atomic E-state index is 2.53. The van der Waals surface area contributed by atoms with Gasteiger partial charge in [-0.25, -0.2) is 0 Å². The first-order chi connectivity index (χ1) is 23.2. The van der Waals surface area contributed by atoms with E-state index in [1.165, 1.54) is 77.3 Å². The fourth-order valence-corrected chi connectivity index (χ4v) is 8.69. The lowest BCUT2D eigenvalue weighted by atomic mass is 9.70. The molecule has 0 saturated carbocycles. The van der Waals surface area contributed by atoms with Gasteiger partial charge in [0.15, 0.2) is 0 Å². The Morgan fingerprint density at radius 1 is 0.404 bits per heavy atom. The van der Waals surface area contributed by atoms with Crippen LogP contribution in [0.1, 0.15) is 27.8 Å². The summed E-state index contributed by atoms with van der Waals surface area (Å²) >= 11 is 0. The molecule has 0 aliphatic heterocycles. The molecule has 0 bridgehead atoms. The van der Waals surface area contributed by atoms with Gasteiger partial charge in [-0.2, -0.15) is 0 Å². The molecule has 0 fully saturated rings. The summed E-state index contributed by atoms with van der Waals surface area (Å²) in [7, 11) is 0. The van der Waals surface area contributed by atoms with E-state index in [9.17, 15) is 0 Å². The fraction of sp³-hybridized carbons (Fsp3) is 0.0435. The van der Waals surface area contributed by atoms with E-state index in [0.717, 1.165) is 11.4 Å². The number of hydrogen-bond donors (Lipinski definition) is 0. The summed E-state index contributed by atoms with van der Waals surface area (Å²) < 4.78 is 0. The van der Waals surface area contributed by atoms with Crippen LogP contribution in [0.2, 0.25) is 0 Å². The van der Waals surface area contributed by atoms with Crippen LogP contribution in [0, 0.1) is 6.92 Å². The minimum absolute atomic E-state index is 0.449. The Morgan fingerprint density at radius 3 is 1.74 bits per heavy atom. The predicted molar refractivity (Wildman–Crippen MR) is 197 cm³/mol. The van der Waals surface area contributed by atoms with Crippen LogP contribution in [0.3, 0.4) is 0 Å². The van der Waals surface area contributed by atoms with Gasteiger partial charge in [-0.3, -0.25) is 0 Å². The highest BCUT2D eigenvalue weighted by Gasteiger charge is 2.52. The van der Waals surface area contributed by atoms with Gasteiger partial charge >= 0.3 is 0 Å². The molecule has 2 aliphatic rings. The summed E-state index contributed by atoms with van der Waals surface area (Å²) in [6.45, 7) is 2.18. The Hall–Kier alpha value is -5.92. The molecule has 0 atom stereocenters. The average Bonchev–Trinajstić information content (AvgIpc) is 3.60. The standard InChI is InChI=1S/C46H31N/c1-30-14-13-18-33(28-30)47(32-16-3-2-4-17-32)43-29-42-45(38-23-8-7-22-37(38)43)44-34-19-6-5-15-31(34)26-27-41(44)46(42)39-24-11-9-20-35(39)36-21-10-12-25-40(36)46/h2-29H,1H3. The number of fused-ring (bicyclic) bond motifs is 14. The molecule has 0 N–H and O–H groups in total. The summed E-state index contributed by atoms with van der Waals surface area (Å²) in [4.78, 5) is 2.46. The minimum atomic E-state index is -0.449. The largest absolute Gasteiger partial charge is 0.310 e. The van der Waals surface area contributed by atoms with Gasteiger partial charge in [0.1, 0.15) is 0 Å². The quantitative estimate of drug-likeness (QED) is 0.196. The molecular weight excluding hydrogens is 567 g/mol. The van der Waals surface area contributed by atoms with Crippen LogP contribution in [0.5, 0.6) is 0 Å². The van der Waals surface area contributed by atoms with Crippen LogP contribution in [-0.4, -0.2) is 0 Å². The van der Waals surface area contributed by atoms with Crippen molar-refractivity contribution in [2.24, 2.45) is 0 Å². The van der Waals surface area contributed by atoms with Crippen molar-refractivity contribution in [3.63, 3.8) is 0 Å². The molecule has 10 rings (SSSR count). The molecule has 1 heteroatoms. The lowest BCUT2D eigenvalue weighted by Gasteiger charge is -2.33. The molecule has 1 spiro atoms. The van der Waals surface area contributed by atoms with Crippen molar-refractivity contribution >= 4 is 38.6 Å². The highest BCUT2D eigenvalue weighted by Crippen LogP contribution is 2.65. The van der Waals surface area contributed by atoms with E-state index in [1.54, 1.807) is 0 Å². The third-order valence-electron chi connectivity index (χ3n) is 10.5. The number of benzene rings is 8. The number of nitrogens with zero attached hydrogens (tertiary/aromatic N) is 1. The predicted octanol–water partition coefficient (Wildman–Crippen LogP) is 12.1. The minimum Gasteiger partial charge on any atom is -0.310 e. The Morgan fingerprint density at radius 2 is 1.00 bits per heavy atom. The van der Waals surface area contributed by atoms with Crippen molar-refractivity contribution in [2.75, 3.05) is 4.90 Å². The lowest BCUT2D eigenvalue weighted by Crippen LogP contribution is -2.26. The first-order valence-corrected chi connectivity index (χ1v) is 16.5. The maximum Gasteiger partial charge on any atom is 0.0726 e. The van der Waals surface area contributed by atoms with Crippen molar-refractivity contribution in [3.05, 3.63) is 198 Å². The van der Waals surface area contributed by atoms with Gasteiger partial charge in [-0.05, 0) is 103 Å². The molecule has 47 heavy (non-hydrogen) atoms. The van der Waals surface area contributed by atoms with Crippen molar-refractivity contribution in [1.82, 2.24) is 0 Å². The topological polar surface area (TPSA) is 3.24 Å². The highest BCUT2D eigenvalue weighted by molar-refractivity contribution is 6.16. The monoisotopic (exact) mass is 597 g/mol. The van der Waals surface area contributed by atoms with Gasteiger partial charge in [0.2, 0.25) is 0 Å². The molecular formula is C46H31N. The summed E-state index contributed by atoms with van der Waals surface area (Å²) in [5, 5.41) is 5.10. The van der Waals surface area contributed by atoms with E-state index in [0.29, 0.717) is 0 Å². The molecule has 8 aromatic carbocycles. The molecule has 0 saturated heterocycles. The second-order valence-electron chi connectivity index (χ2n) is 12.9. The van der Waals surface area contributed by atoms with Crippen molar-refractivity contribution in [2.45, 2.75) is 12.3 Å². The van der Waals surface area contributed by atoms with E-state index in [2.05, 4.69) is 182 Å². The second kappa shape index (κ2) is 9.79. The van der Waals surface area contributed by atoms with Gasteiger partial charge in [-0.1, -0.05) is 140 Å². The smallest absolute Gasteiger partial charge is 0.0726 e. The van der Waals surface area contributed by atoms with E-state index < -0.39 is 5.41 Å². The molecule has 1 nitrogen and oxygen atoms in total. The SMILES string of the molecule is Cc1cccc(N(c2ccccc2)c2cc3c(c4ccccc24)-c2c(ccc4ccccc24)C32c3ccccc3-c3ccccc32)c1. The summed E-state index contributed by atoms with van der Waals surface area (Å²) in [6, 6.07) is 63.1. The zero-order chi connectivity index (χ0) is 31.1. The van der Waals surface area contributed by atoms with Crippen molar-refractivity contribution in [1.29, 1.82) is 0 Å². The molecule has 8 aromatic rings. The molecule has 0 aromatic heterocycles. The first-order valence-electron chi connectivity index (χ1n) is 16.5. The van der Waals surface area contributed by atoms with Crippen LogP contribution in [0.15, 0.2) is 170 Å². The van der Waals surface area contributed by atoms with Gasteiger partial charge in [-0.15, -0.1) is 0 Å². The molecule has 2 aliphatic carbocycles. The van der Waals surface area contributed by atoms with Crippen LogP contribution in [0.25, 0.3) is 43.8 Å². The van der Waals surface area contributed by atoms with E-state index >= 15 is 0 Å². The van der Waals surface area contributed by atoms with Crippen LogP contribution in [0.4, 0.5) is 17.1 Å². The third-order valence-corrected chi connectivity index (χ3v) is 10.5. The first kappa shape index (κ1) is 26.3. The Labute approximate surface area is 275 Å². The normalized spacial score (nSPS) is 13.4. The zero-order valence-corrected chi connectivity index (χ0v) is 26.1. The third kappa shape index (κ3) is 3.49. The molecule has 0 amide bonds. The molecule has 0 heterocycles. The van der Waals surface area contributed by atoms with E-state index in [4.69, 9.17) is 0 Å². The van der Waals surface area contributed by atoms with Crippen LogP contribution >= 0.6 is 0 Å². The number of para-hydroxylation sites is 1. The Balaban J connectivity index is 1.42. The average molecular weight is 598 g/mol. The van der Waals surface area contributed by atoms with Crippen LogP contribution < -0.4 is 4.90 Å². The number of hydrogen-bond acceptors (Lipinski definition) is 1. The summed E-state index contributed by atoms with van der Waals surface area (Å²) in [5.74, 6) is 0. The van der Waals surface area contributed by atoms with Crippen molar-refractivity contribution in [3.8, 4) is 22.3 Å². The fourth-order valence-electron chi connectivity index (χ4n) is 8.69. The number of aryl methyl sites for hydroxylation is 1. The number of rotatable bonds is 3. The van der Waals surface area contributed by atoms with E-state index in [1.807, 2.05) is 0 Å². The lowest BCUT2D eigenvalue weighted by molar-refractivity contribution is 0.795. The Kier molecular flexibility index (Phi) is 5.48. The van der Waals surface area contributed by atoms with Gasteiger partial charge < -0.3 is 4.90 Å².